The number of benzene rings is 2. The molecule has 1 aliphatic rings. The van der Waals surface area contributed by atoms with E-state index >= 15 is 0 Å². The Kier molecular flexibility index (Phi) is 17.0. The first-order chi connectivity index (χ1) is 22.3. The summed E-state index contributed by atoms with van der Waals surface area (Å²) < 4.78 is 66.2. The second kappa shape index (κ2) is 20.9. The average Bonchev–Trinajstić information content (AvgIpc) is 3.05. The van der Waals surface area contributed by atoms with Crippen LogP contribution in [0.5, 0.6) is 0 Å². The van der Waals surface area contributed by atoms with E-state index in [0.717, 1.165) is 37.7 Å². The van der Waals surface area contributed by atoms with Crippen molar-refractivity contribution >= 4 is 11.6 Å². The predicted octanol–water partition coefficient (Wildman–Crippen LogP) is 10.1. The third-order valence-corrected chi connectivity index (χ3v) is 8.40. The van der Waals surface area contributed by atoms with Gasteiger partial charge in [0, 0.05) is 18.1 Å². The normalized spacial score (nSPS) is 21.9. The van der Waals surface area contributed by atoms with Crippen LogP contribution in [0.25, 0.3) is 10.4 Å². The molecule has 0 bridgehead atoms. The van der Waals surface area contributed by atoms with Gasteiger partial charge in [0.05, 0.1) is 25.0 Å². The van der Waals surface area contributed by atoms with Gasteiger partial charge >= 0.3 is 6.18 Å². The van der Waals surface area contributed by atoms with Gasteiger partial charge in [0.1, 0.15) is 6.10 Å². The van der Waals surface area contributed by atoms with Crippen molar-refractivity contribution in [3.63, 3.8) is 0 Å². The topological polar surface area (TPSA) is 98.0 Å². The van der Waals surface area contributed by atoms with Crippen LogP contribution in [0.15, 0.2) is 70.8 Å². The zero-order chi connectivity index (χ0) is 33.0. The number of ether oxygens (including phenoxy) is 4. The van der Waals surface area contributed by atoms with Gasteiger partial charge in [0.15, 0.2) is 0 Å². The molecule has 11 heteroatoms. The van der Waals surface area contributed by atoms with Gasteiger partial charge in [-0.05, 0) is 47.9 Å². The summed E-state index contributed by atoms with van der Waals surface area (Å²) in [5.41, 5.74) is 9.33. The van der Waals surface area contributed by atoms with Crippen molar-refractivity contribution < 1.29 is 32.1 Å². The highest BCUT2D eigenvalue weighted by Crippen LogP contribution is 2.36. The second-order valence-electron chi connectivity index (χ2n) is 12.0. The number of unbranched alkanes of at least 4 members (excludes halogenated alkanes) is 9. The van der Waals surface area contributed by atoms with Crippen LogP contribution in [0.3, 0.4) is 0 Å². The van der Waals surface area contributed by atoms with Crippen molar-refractivity contribution in [1.29, 1.82) is 0 Å². The fourth-order valence-corrected chi connectivity index (χ4v) is 5.47. The van der Waals surface area contributed by atoms with Gasteiger partial charge in [-0.15, -0.1) is 0 Å². The molecule has 2 aromatic carbocycles. The van der Waals surface area contributed by atoms with Crippen LogP contribution in [-0.2, 0) is 25.6 Å². The maximum atomic E-state index is 14.1. The first-order valence-corrected chi connectivity index (χ1v) is 16.6. The summed E-state index contributed by atoms with van der Waals surface area (Å²) in [5, 5.41) is 3.56. The first-order valence-electron chi connectivity index (χ1n) is 16.6. The number of nitrogens with zero attached hydrogens (tertiary/aromatic N) is 4. The average molecular weight is 647 g/mol. The second-order valence-corrected chi connectivity index (χ2v) is 12.0. The number of hydrogen-bond donors (Lipinski definition) is 0. The highest BCUT2D eigenvalue weighted by molar-refractivity contribution is 5.84. The predicted molar refractivity (Wildman–Crippen MR) is 174 cm³/mol. The van der Waals surface area contributed by atoms with Gasteiger partial charge in [-0.2, -0.15) is 13.2 Å². The van der Waals surface area contributed by atoms with E-state index in [1.807, 2.05) is 44.2 Å². The molecule has 3 unspecified atom stereocenters. The van der Waals surface area contributed by atoms with E-state index in [0.29, 0.717) is 13.2 Å². The van der Waals surface area contributed by atoms with Gasteiger partial charge in [0.2, 0.25) is 6.29 Å². The summed E-state index contributed by atoms with van der Waals surface area (Å²) >= 11 is 0. The molecule has 1 saturated heterocycles. The van der Waals surface area contributed by atoms with Crippen molar-refractivity contribution in [1.82, 2.24) is 0 Å². The van der Waals surface area contributed by atoms with E-state index in [2.05, 4.69) is 15.0 Å². The number of aliphatic imine (C=N–C) groups is 1. The molecule has 0 radical (unpaired) electrons. The number of alkyl halides is 3. The van der Waals surface area contributed by atoms with Crippen LogP contribution < -0.4 is 0 Å². The lowest BCUT2D eigenvalue weighted by Gasteiger charge is -2.44. The SMILES string of the molecule is C[C@@H]1C(COCCCCCCCCCCCCN=[N+]=[N-])OC(OC(=Nc2ccccc2)C(F)(F)F)C(OCc2ccccc2)[C@H]1C. The minimum absolute atomic E-state index is 0.0416. The highest BCUT2D eigenvalue weighted by atomic mass is 19.4. The lowest BCUT2D eigenvalue weighted by Crippen LogP contribution is -2.54. The lowest BCUT2D eigenvalue weighted by atomic mass is 9.83. The molecular weight excluding hydrogens is 597 g/mol. The van der Waals surface area contributed by atoms with Crippen molar-refractivity contribution in [3.05, 3.63) is 76.7 Å². The molecule has 0 N–H and O–H groups in total. The molecule has 0 amide bonds. The first kappa shape index (κ1) is 37.3. The summed E-state index contributed by atoms with van der Waals surface area (Å²) in [4.78, 5) is 6.55. The quantitative estimate of drug-likeness (QED) is 0.0357. The molecule has 8 nitrogen and oxygen atoms in total. The maximum Gasteiger partial charge on any atom is 0.468 e. The third kappa shape index (κ3) is 13.7. The highest BCUT2D eigenvalue weighted by Gasteiger charge is 2.48. The summed E-state index contributed by atoms with van der Waals surface area (Å²) in [6.07, 6.45) is 3.84. The Balaban J connectivity index is 1.50. The maximum absolute atomic E-state index is 14.1. The standard InChI is InChI=1S/C35H49F3N4O4/c1-27-28(2)32(44-25-29-19-13-11-14-20-29)33(46-34(35(36,37)38)41-30-21-15-12-16-22-30)45-31(27)26-43-24-18-10-8-6-4-3-5-7-9-17-23-40-42-39/h11-16,19-22,27-28,31-33H,3-10,17-18,23-26H2,1-2H3/t27-,28-,31?,32?,33?/m0/s1. The van der Waals surface area contributed by atoms with Crippen molar-refractivity contribution in [2.75, 3.05) is 19.8 Å². The Morgan fingerprint density at radius 2 is 1.41 bits per heavy atom. The van der Waals surface area contributed by atoms with E-state index in [-0.39, 0.29) is 30.7 Å². The van der Waals surface area contributed by atoms with E-state index < -0.39 is 30.6 Å². The van der Waals surface area contributed by atoms with Crippen molar-refractivity contribution in [3.8, 4) is 0 Å². The van der Waals surface area contributed by atoms with Crippen molar-refractivity contribution in [2.45, 2.75) is 109 Å². The molecule has 0 aromatic heterocycles. The lowest BCUT2D eigenvalue weighted by molar-refractivity contribution is -0.271. The molecule has 3 rings (SSSR count). The fraction of sp³-hybridized carbons (Fsp3) is 0.629. The molecule has 0 aliphatic carbocycles. The van der Waals surface area contributed by atoms with Crippen molar-refractivity contribution in [2.24, 2.45) is 21.9 Å². The van der Waals surface area contributed by atoms with Crippen LogP contribution in [-0.4, -0.2) is 50.3 Å². The molecule has 46 heavy (non-hydrogen) atoms. The van der Waals surface area contributed by atoms with E-state index in [1.54, 1.807) is 18.2 Å². The summed E-state index contributed by atoms with van der Waals surface area (Å²) in [6.45, 7) is 5.59. The minimum Gasteiger partial charge on any atom is -0.441 e. The fourth-order valence-electron chi connectivity index (χ4n) is 5.47. The number of rotatable bonds is 20. The zero-order valence-electron chi connectivity index (χ0n) is 27.1. The van der Waals surface area contributed by atoms with Gasteiger partial charge in [0.25, 0.3) is 5.90 Å². The van der Waals surface area contributed by atoms with E-state index in [1.165, 1.54) is 44.2 Å². The Morgan fingerprint density at radius 3 is 2.02 bits per heavy atom. The number of para-hydroxylation sites is 1. The Morgan fingerprint density at radius 1 is 0.826 bits per heavy atom. The Hall–Kier alpha value is -3.11. The molecule has 1 heterocycles. The van der Waals surface area contributed by atoms with Crippen LogP contribution in [0.2, 0.25) is 0 Å². The summed E-state index contributed by atoms with van der Waals surface area (Å²) in [7, 11) is 0. The molecular formula is C35H49F3N4O4. The summed E-state index contributed by atoms with van der Waals surface area (Å²) in [5.74, 6) is -1.59. The van der Waals surface area contributed by atoms with Crippen LogP contribution in [0.1, 0.15) is 83.6 Å². The monoisotopic (exact) mass is 646 g/mol. The van der Waals surface area contributed by atoms with E-state index in [9.17, 15) is 13.2 Å². The molecule has 0 spiro atoms. The molecule has 0 saturated carbocycles. The van der Waals surface area contributed by atoms with Gasteiger partial charge in [-0.25, -0.2) is 4.99 Å². The minimum atomic E-state index is -4.82. The third-order valence-electron chi connectivity index (χ3n) is 8.40. The Bertz CT molecular complexity index is 1180. The molecule has 2 aromatic rings. The van der Waals surface area contributed by atoms with Gasteiger partial charge in [-0.3, -0.25) is 0 Å². The Labute approximate surface area is 271 Å². The number of halogens is 3. The molecule has 254 valence electrons. The number of azide groups is 1. The van der Waals surface area contributed by atoms with Crippen LogP contribution in [0, 0.1) is 11.8 Å². The van der Waals surface area contributed by atoms with Gasteiger partial charge in [-0.1, -0.05) is 119 Å². The van der Waals surface area contributed by atoms with Gasteiger partial charge < -0.3 is 18.9 Å². The molecule has 5 atom stereocenters. The number of hydrogen-bond acceptors (Lipinski definition) is 6. The largest absolute Gasteiger partial charge is 0.468 e. The molecule has 1 aliphatic heterocycles. The smallest absolute Gasteiger partial charge is 0.441 e. The molecule has 1 fully saturated rings. The van der Waals surface area contributed by atoms with Crippen LogP contribution >= 0.6 is 0 Å². The van der Waals surface area contributed by atoms with Crippen LogP contribution in [0.4, 0.5) is 18.9 Å². The zero-order valence-corrected chi connectivity index (χ0v) is 27.1. The summed E-state index contributed by atoms with van der Waals surface area (Å²) in [6, 6.07) is 17.4. The van der Waals surface area contributed by atoms with E-state index in [4.69, 9.17) is 24.5 Å².